The van der Waals surface area contributed by atoms with E-state index in [4.69, 9.17) is 25.7 Å². The highest BCUT2D eigenvalue weighted by Gasteiger charge is 2.32. The first-order valence-corrected chi connectivity index (χ1v) is 18.0. The average molecular weight is 707 g/mol. The number of ether oxygens (including phenoxy) is 1. The summed E-state index contributed by atoms with van der Waals surface area (Å²) in [7, 11) is 0. The van der Waals surface area contributed by atoms with Gasteiger partial charge in [-0.25, -0.2) is 0 Å². The Balaban J connectivity index is 0.900. The molecule has 0 bridgehead atoms. The Labute approximate surface area is 300 Å². The third-order valence-electron chi connectivity index (χ3n) is 8.91. The maximum Gasteiger partial charge on any atom is 0.222 e. The van der Waals surface area contributed by atoms with Gasteiger partial charge in [-0.1, -0.05) is 66.2 Å². The molecule has 4 heterocycles. The molecule has 6 aromatic rings. The first kappa shape index (κ1) is 33.9. The van der Waals surface area contributed by atoms with Crippen molar-refractivity contribution in [3.63, 3.8) is 0 Å². The smallest absolute Gasteiger partial charge is 0.222 e. The van der Waals surface area contributed by atoms with Gasteiger partial charge in [-0.2, -0.15) is 0 Å². The fourth-order valence-corrected chi connectivity index (χ4v) is 7.59. The van der Waals surface area contributed by atoms with Crippen LogP contribution in [0.25, 0.3) is 16.0 Å². The number of aromatic nitrogens is 3. The molecule has 0 spiro atoms. The van der Waals surface area contributed by atoms with Crippen LogP contribution in [0.4, 0.5) is 0 Å². The van der Waals surface area contributed by atoms with E-state index in [0.717, 1.165) is 61.9 Å². The second-order valence-corrected chi connectivity index (χ2v) is 14.1. The topological polar surface area (TPSA) is 107 Å². The minimum Gasteiger partial charge on any atom is -0.461 e. The number of halogens is 1. The lowest BCUT2D eigenvalue weighted by Crippen LogP contribution is -2.29. The molecule has 2 N–H and O–H groups in total. The number of carbonyl (C=O) groups is 1. The fraction of sp³-hybridized carbons (Fsp3) is 0.282. The number of hydrogen-bond acceptors (Lipinski definition) is 8. The zero-order chi connectivity index (χ0) is 34.6. The predicted molar refractivity (Wildman–Crippen MR) is 199 cm³/mol. The van der Waals surface area contributed by atoms with Crippen LogP contribution in [0.3, 0.4) is 0 Å². The SMILES string of the molecule is Cc1sc2c(c1C)C(c1ccc(Cl)cc1)=N[C@@H](CC(=O)NCCOCCNCc1ccc3cc(Cc4ccccc4)oc3c1)c1nnc(C)n1-2. The van der Waals surface area contributed by atoms with Crippen molar-refractivity contribution < 1.29 is 13.9 Å². The highest BCUT2D eigenvalue weighted by molar-refractivity contribution is 7.15. The molecule has 0 fully saturated rings. The number of aliphatic imine (C=N–C) groups is 1. The Morgan fingerprint density at radius 2 is 1.76 bits per heavy atom. The zero-order valence-corrected chi connectivity index (χ0v) is 29.9. The lowest BCUT2D eigenvalue weighted by atomic mass is 9.99. The largest absolute Gasteiger partial charge is 0.461 e. The van der Waals surface area contributed by atoms with Crippen molar-refractivity contribution in [3.8, 4) is 5.00 Å². The molecule has 3 aromatic carbocycles. The molecule has 9 nitrogen and oxygen atoms in total. The lowest BCUT2D eigenvalue weighted by molar-refractivity contribution is -0.121. The Morgan fingerprint density at radius 1 is 0.960 bits per heavy atom. The van der Waals surface area contributed by atoms with E-state index >= 15 is 0 Å². The van der Waals surface area contributed by atoms with Crippen molar-refractivity contribution in [2.75, 3.05) is 26.3 Å². The molecule has 0 radical (unpaired) electrons. The maximum atomic E-state index is 13.2. The van der Waals surface area contributed by atoms with Gasteiger partial charge in [0.1, 0.15) is 28.2 Å². The number of benzene rings is 3. The number of thiophene rings is 1. The normalized spacial score (nSPS) is 13.9. The molecule has 0 unspecified atom stereocenters. The van der Waals surface area contributed by atoms with Crippen LogP contribution < -0.4 is 10.6 Å². The minimum absolute atomic E-state index is 0.124. The van der Waals surface area contributed by atoms with Crippen LogP contribution in [0.5, 0.6) is 0 Å². The third kappa shape index (κ3) is 7.44. The summed E-state index contributed by atoms with van der Waals surface area (Å²) in [5, 5.41) is 18.1. The summed E-state index contributed by atoms with van der Waals surface area (Å²) in [5.41, 5.74) is 7.24. The summed E-state index contributed by atoms with van der Waals surface area (Å²) in [5.74, 6) is 2.26. The summed E-state index contributed by atoms with van der Waals surface area (Å²) in [6, 6.07) is 25.9. The van der Waals surface area contributed by atoms with Gasteiger partial charge in [0, 0.05) is 52.5 Å². The van der Waals surface area contributed by atoms with Crippen molar-refractivity contribution in [2.24, 2.45) is 4.99 Å². The van der Waals surface area contributed by atoms with Crippen LogP contribution in [-0.2, 0) is 22.5 Å². The van der Waals surface area contributed by atoms with Crippen molar-refractivity contribution in [3.05, 3.63) is 134 Å². The van der Waals surface area contributed by atoms with Crippen LogP contribution in [0.15, 0.2) is 88.3 Å². The van der Waals surface area contributed by atoms with E-state index in [1.807, 2.05) is 49.4 Å². The molecule has 0 aliphatic carbocycles. The first-order chi connectivity index (χ1) is 24.3. The van der Waals surface area contributed by atoms with Crippen LogP contribution >= 0.6 is 22.9 Å². The molecule has 50 heavy (non-hydrogen) atoms. The van der Waals surface area contributed by atoms with Crippen molar-refractivity contribution >= 4 is 45.5 Å². The van der Waals surface area contributed by atoms with Gasteiger partial charge in [-0.15, -0.1) is 21.5 Å². The number of hydrogen-bond donors (Lipinski definition) is 2. The number of nitrogens with zero attached hydrogens (tertiary/aromatic N) is 4. The number of fused-ring (bicyclic) bond motifs is 4. The van der Waals surface area contributed by atoms with Gasteiger partial charge < -0.3 is 19.8 Å². The summed E-state index contributed by atoms with van der Waals surface area (Å²) < 4.78 is 14.0. The summed E-state index contributed by atoms with van der Waals surface area (Å²) in [6.45, 7) is 8.89. The molecule has 1 atom stereocenters. The Kier molecular flexibility index (Phi) is 10.2. The van der Waals surface area contributed by atoms with Gasteiger partial charge >= 0.3 is 0 Å². The van der Waals surface area contributed by atoms with Crippen LogP contribution in [0, 0.1) is 20.8 Å². The lowest BCUT2D eigenvalue weighted by Gasteiger charge is -2.13. The number of rotatable bonds is 13. The molecule has 0 saturated heterocycles. The monoisotopic (exact) mass is 706 g/mol. The standard InChI is InChI=1S/C39H39ClN6O3S/c1-24-25(2)50-39-36(24)37(29-11-13-31(40)14-12-29)43-33(38-45-44-26(3)46(38)39)22-35(47)42-16-18-48-17-15-41-23-28-9-10-30-21-32(49-34(30)20-28)19-27-7-5-4-6-8-27/h4-14,20-21,33,41H,15-19,22-23H2,1-3H3,(H,42,47)/t33-/m0/s1. The van der Waals surface area contributed by atoms with Crippen molar-refractivity contribution in [1.82, 2.24) is 25.4 Å². The van der Waals surface area contributed by atoms with E-state index < -0.39 is 6.04 Å². The highest BCUT2D eigenvalue weighted by Crippen LogP contribution is 2.39. The van der Waals surface area contributed by atoms with Crippen LogP contribution in [-0.4, -0.2) is 52.7 Å². The number of aryl methyl sites for hydroxylation is 2. The van der Waals surface area contributed by atoms with E-state index in [9.17, 15) is 4.79 Å². The summed E-state index contributed by atoms with van der Waals surface area (Å²) in [6.07, 6.45) is 0.913. The van der Waals surface area contributed by atoms with Gasteiger partial charge in [-0.05, 0) is 61.7 Å². The maximum absolute atomic E-state index is 13.2. The van der Waals surface area contributed by atoms with Gasteiger partial charge in [-0.3, -0.25) is 14.4 Å². The second kappa shape index (κ2) is 15.1. The molecular formula is C39H39ClN6O3S. The number of furan rings is 1. The Morgan fingerprint density at radius 3 is 2.58 bits per heavy atom. The van der Waals surface area contributed by atoms with Crippen molar-refractivity contribution in [1.29, 1.82) is 0 Å². The molecule has 1 amide bonds. The number of carbonyl (C=O) groups excluding carboxylic acids is 1. The molecule has 0 saturated carbocycles. The number of amides is 1. The third-order valence-corrected chi connectivity index (χ3v) is 10.4. The first-order valence-electron chi connectivity index (χ1n) is 16.8. The Bertz CT molecular complexity index is 2150. The van der Waals surface area contributed by atoms with Crippen molar-refractivity contribution in [2.45, 2.75) is 46.2 Å². The van der Waals surface area contributed by atoms with Crippen LogP contribution in [0.1, 0.15) is 62.6 Å². The van der Waals surface area contributed by atoms with Gasteiger partial charge in [0.05, 0.1) is 25.3 Å². The van der Waals surface area contributed by atoms with E-state index in [1.54, 1.807) is 11.3 Å². The second-order valence-electron chi connectivity index (χ2n) is 12.5. The predicted octanol–water partition coefficient (Wildman–Crippen LogP) is 7.45. The van der Waals surface area contributed by atoms with Gasteiger partial charge in [0.25, 0.3) is 0 Å². The van der Waals surface area contributed by atoms with E-state index in [2.05, 4.69) is 75.6 Å². The molecule has 1 aliphatic rings. The molecule has 11 heteroatoms. The molecule has 256 valence electrons. The number of nitrogens with one attached hydrogen (secondary N) is 2. The average Bonchev–Trinajstić information content (AvgIpc) is 3.76. The molecule has 3 aromatic heterocycles. The van der Waals surface area contributed by atoms with Gasteiger partial charge in [0.15, 0.2) is 5.82 Å². The fourth-order valence-electron chi connectivity index (χ4n) is 6.25. The summed E-state index contributed by atoms with van der Waals surface area (Å²) in [4.78, 5) is 19.6. The summed E-state index contributed by atoms with van der Waals surface area (Å²) >= 11 is 7.91. The zero-order valence-electron chi connectivity index (χ0n) is 28.3. The van der Waals surface area contributed by atoms with E-state index in [0.29, 0.717) is 43.7 Å². The van der Waals surface area contributed by atoms with E-state index in [-0.39, 0.29) is 12.3 Å². The van der Waals surface area contributed by atoms with Crippen LogP contribution in [0.2, 0.25) is 5.02 Å². The minimum atomic E-state index is -0.512. The highest BCUT2D eigenvalue weighted by atomic mass is 35.5. The molecule has 7 rings (SSSR count). The quantitative estimate of drug-likeness (QED) is 0.121. The van der Waals surface area contributed by atoms with Gasteiger partial charge in [0.2, 0.25) is 5.91 Å². The van der Waals surface area contributed by atoms with E-state index in [1.165, 1.54) is 10.4 Å². The Hall–Kier alpha value is -4.61. The molecule has 1 aliphatic heterocycles. The molecular weight excluding hydrogens is 668 g/mol.